The monoisotopic (exact) mass is 343 g/mol. The van der Waals surface area contributed by atoms with Gasteiger partial charge in [0.25, 0.3) is 0 Å². The Morgan fingerprint density at radius 3 is 2.76 bits per heavy atom. The van der Waals surface area contributed by atoms with Crippen LogP contribution < -0.4 is 16.4 Å². The number of carbonyl (C=O) groups is 1. The molecule has 0 radical (unpaired) electrons. The van der Waals surface area contributed by atoms with Gasteiger partial charge in [-0.1, -0.05) is 6.92 Å². The average Bonchev–Trinajstić information content (AvgIpc) is 3.34. The molecule has 0 saturated heterocycles. The summed E-state index contributed by atoms with van der Waals surface area (Å²) in [7, 11) is 0. The Hall–Kier alpha value is -2.54. The molecule has 1 aliphatic rings. The molecule has 1 saturated carbocycles. The van der Waals surface area contributed by atoms with Crippen LogP contribution in [0.15, 0.2) is 30.6 Å². The van der Waals surface area contributed by atoms with Crippen LogP contribution in [0.3, 0.4) is 0 Å². The van der Waals surface area contributed by atoms with E-state index in [-0.39, 0.29) is 28.7 Å². The molecule has 1 fully saturated rings. The number of hydrogen-bond donors (Lipinski definition) is 3. The quantitative estimate of drug-likeness (QED) is 0.668. The molecule has 2 aromatic rings. The minimum absolute atomic E-state index is 0.0658. The van der Waals surface area contributed by atoms with E-state index in [1.807, 2.05) is 6.92 Å². The van der Waals surface area contributed by atoms with Gasteiger partial charge in [-0.3, -0.25) is 9.78 Å². The summed E-state index contributed by atoms with van der Waals surface area (Å²) in [5, 5.41) is 6.15. The Kier molecular flexibility index (Phi) is 4.67. The molecule has 0 aliphatic heterocycles. The number of rotatable bonds is 7. The smallest absolute Gasteiger partial charge is 0.166 e. The summed E-state index contributed by atoms with van der Waals surface area (Å²) in [6.07, 6.45) is 5.83. The summed E-state index contributed by atoms with van der Waals surface area (Å²) in [6, 6.07) is 4.70. The molecule has 3 rings (SSSR count). The number of nitrogens with one attached hydrogen (secondary N) is 2. The van der Waals surface area contributed by atoms with E-state index in [9.17, 15) is 9.18 Å². The number of hydrogen-bond acceptors (Lipinski definition) is 6. The van der Waals surface area contributed by atoms with E-state index in [2.05, 4.69) is 20.6 Å². The zero-order valence-electron chi connectivity index (χ0n) is 14.3. The van der Waals surface area contributed by atoms with E-state index in [0.29, 0.717) is 11.5 Å². The van der Waals surface area contributed by atoms with Gasteiger partial charge in [0, 0.05) is 17.8 Å². The number of Topliss-reactive ketones (excluding diaryl/α,β-unsaturated/α-hetero) is 1. The summed E-state index contributed by atoms with van der Waals surface area (Å²) in [5.41, 5.74) is 6.80. The van der Waals surface area contributed by atoms with Gasteiger partial charge in [0.05, 0.1) is 17.4 Å². The third kappa shape index (κ3) is 3.76. The van der Waals surface area contributed by atoms with Crippen molar-refractivity contribution < 1.29 is 9.18 Å². The van der Waals surface area contributed by atoms with E-state index >= 15 is 0 Å². The molecule has 4 N–H and O–H groups in total. The minimum Gasteiger partial charge on any atom is -0.363 e. The molecular formula is C18H22FN5O. The Morgan fingerprint density at radius 1 is 1.44 bits per heavy atom. The van der Waals surface area contributed by atoms with Crippen molar-refractivity contribution in [1.29, 1.82) is 0 Å². The van der Waals surface area contributed by atoms with Crippen molar-refractivity contribution in [2.24, 2.45) is 5.73 Å². The fraction of sp³-hybridized carbons (Fsp3) is 0.389. The van der Waals surface area contributed by atoms with Crippen LogP contribution in [-0.4, -0.2) is 27.3 Å². The molecule has 0 bridgehead atoms. The van der Waals surface area contributed by atoms with Crippen LogP contribution in [0.1, 0.15) is 43.5 Å². The standard InChI is InChI=1S/C18H22FN5O/c1-3-15(18(20)6-7-18)23-17-14(19)9-13(11(2)25)16(24-17)22-12-5-4-8-21-10-12/h4-5,8-10,15H,3,6-7,20H2,1-2H3,(H2,22,23,24)/t15-/m0/s1. The number of nitrogens with zero attached hydrogens (tertiary/aromatic N) is 2. The van der Waals surface area contributed by atoms with Gasteiger partial charge in [-0.15, -0.1) is 0 Å². The third-order valence-electron chi connectivity index (χ3n) is 4.52. The molecule has 2 heterocycles. The molecule has 25 heavy (non-hydrogen) atoms. The maximum absolute atomic E-state index is 14.5. The lowest BCUT2D eigenvalue weighted by Gasteiger charge is -2.24. The first-order valence-electron chi connectivity index (χ1n) is 8.37. The number of pyridine rings is 2. The first kappa shape index (κ1) is 17.3. The van der Waals surface area contributed by atoms with Crippen LogP contribution in [0.2, 0.25) is 0 Å². The highest BCUT2D eigenvalue weighted by molar-refractivity contribution is 5.99. The van der Waals surface area contributed by atoms with Crippen LogP contribution in [0.25, 0.3) is 0 Å². The van der Waals surface area contributed by atoms with Crippen molar-refractivity contribution in [3.8, 4) is 0 Å². The van der Waals surface area contributed by atoms with Crippen molar-refractivity contribution in [2.45, 2.75) is 44.7 Å². The van der Waals surface area contributed by atoms with Crippen LogP contribution in [-0.2, 0) is 0 Å². The molecule has 0 aromatic carbocycles. The maximum Gasteiger partial charge on any atom is 0.166 e. The molecule has 0 unspecified atom stereocenters. The fourth-order valence-corrected chi connectivity index (χ4v) is 2.84. The van der Waals surface area contributed by atoms with Gasteiger partial charge in [-0.2, -0.15) is 0 Å². The highest BCUT2D eigenvalue weighted by Crippen LogP contribution is 2.38. The van der Waals surface area contributed by atoms with Crippen molar-refractivity contribution in [2.75, 3.05) is 10.6 Å². The predicted octanol–water partition coefficient (Wildman–Crippen LogP) is 3.24. The second-order valence-corrected chi connectivity index (χ2v) is 6.48. The Balaban J connectivity index is 1.93. The summed E-state index contributed by atoms with van der Waals surface area (Å²) in [4.78, 5) is 20.2. The van der Waals surface area contributed by atoms with Crippen LogP contribution >= 0.6 is 0 Å². The summed E-state index contributed by atoms with van der Waals surface area (Å²) < 4.78 is 14.5. The molecule has 7 heteroatoms. The normalized spacial score (nSPS) is 16.2. The summed E-state index contributed by atoms with van der Waals surface area (Å²) in [5.74, 6) is -0.445. The van der Waals surface area contributed by atoms with E-state index in [1.165, 1.54) is 13.0 Å². The van der Waals surface area contributed by atoms with E-state index < -0.39 is 5.82 Å². The summed E-state index contributed by atoms with van der Waals surface area (Å²) in [6.45, 7) is 3.38. The second kappa shape index (κ2) is 6.76. The molecule has 2 aromatic heterocycles. The second-order valence-electron chi connectivity index (χ2n) is 6.48. The van der Waals surface area contributed by atoms with Crippen molar-refractivity contribution in [3.05, 3.63) is 42.0 Å². The third-order valence-corrected chi connectivity index (χ3v) is 4.52. The largest absolute Gasteiger partial charge is 0.363 e. The minimum atomic E-state index is -0.565. The van der Waals surface area contributed by atoms with Crippen molar-refractivity contribution in [1.82, 2.24) is 9.97 Å². The Bertz CT molecular complexity index is 777. The van der Waals surface area contributed by atoms with E-state index in [0.717, 1.165) is 19.3 Å². The predicted molar refractivity (Wildman–Crippen MR) is 95.6 cm³/mol. The zero-order valence-corrected chi connectivity index (χ0v) is 14.3. The number of aromatic nitrogens is 2. The number of halogens is 1. The molecule has 6 nitrogen and oxygen atoms in total. The Labute approximate surface area is 146 Å². The molecular weight excluding hydrogens is 321 g/mol. The van der Waals surface area contributed by atoms with Gasteiger partial charge in [-0.25, -0.2) is 9.37 Å². The van der Waals surface area contributed by atoms with Crippen molar-refractivity contribution in [3.63, 3.8) is 0 Å². The number of ketones is 1. The van der Waals surface area contributed by atoms with Gasteiger partial charge in [-0.05, 0) is 44.4 Å². The molecule has 0 amide bonds. The highest BCUT2D eigenvalue weighted by Gasteiger charge is 2.45. The maximum atomic E-state index is 14.5. The number of nitrogens with two attached hydrogens (primary N) is 1. The fourth-order valence-electron chi connectivity index (χ4n) is 2.84. The summed E-state index contributed by atoms with van der Waals surface area (Å²) >= 11 is 0. The van der Waals surface area contributed by atoms with Gasteiger partial charge in [0.2, 0.25) is 0 Å². The van der Waals surface area contributed by atoms with E-state index in [1.54, 1.807) is 24.5 Å². The highest BCUT2D eigenvalue weighted by atomic mass is 19.1. The lowest BCUT2D eigenvalue weighted by atomic mass is 10.0. The lowest BCUT2D eigenvalue weighted by Crippen LogP contribution is -2.42. The van der Waals surface area contributed by atoms with Crippen molar-refractivity contribution >= 4 is 23.1 Å². The SMILES string of the molecule is CC[C@H](Nc1nc(Nc2cccnc2)c(C(C)=O)cc1F)C1(N)CC1. The molecule has 1 aliphatic carbocycles. The number of carbonyl (C=O) groups excluding carboxylic acids is 1. The molecule has 1 atom stereocenters. The van der Waals surface area contributed by atoms with Crippen LogP contribution in [0.5, 0.6) is 0 Å². The van der Waals surface area contributed by atoms with Gasteiger partial charge >= 0.3 is 0 Å². The molecule has 132 valence electrons. The number of anilines is 3. The van der Waals surface area contributed by atoms with Gasteiger partial charge in [0.1, 0.15) is 5.82 Å². The van der Waals surface area contributed by atoms with Gasteiger partial charge in [0.15, 0.2) is 17.4 Å². The van der Waals surface area contributed by atoms with Gasteiger partial charge < -0.3 is 16.4 Å². The van der Waals surface area contributed by atoms with E-state index in [4.69, 9.17) is 5.73 Å². The Morgan fingerprint density at radius 2 is 2.20 bits per heavy atom. The zero-order chi connectivity index (χ0) is 18.0. The van der Waals surface area contributed by atoms with Crippen LogP contribution in [0.4, 0.5) is 21.7 Å². The van der Waals surface area contributed by atoms with Crippen LogP contribution in [0, 0.1) is 5.82 Å². The molecule has 0 spiro atoms. The first-order chi connectivity index (χ1) is 11.9. The first-order valence-corrected chi connectivity index (χ1v) is 8.37. The lowest BCUT2D eigenvalue weighted by molar-refractivity contribution is 0.101. The topological polar surface area (TPSA) is 92.9 Å². The average molecular weight is 343 g/mol.